The van der Waals surface area contributed by atoms with Crippen LogP contribution in [0.5, 0.6) is 5.75 Å². The number of amides is 1. The fourth-order valence-corrected chi connectivity index (χ4v) is 3.67. The molecule has 1 amide bonds. The predicted molar refractivity (Wildman–Crippen MR) is 124 cm³/mol. The molecule has 0 fully saturated rings. The van der Waals surface area contributed by atoms with E-state index in [9.17, 15) is 4.79 Å². The van der Waals surface area contributed by atoms with E-state index in [4.69, 9.17) is 20.8 Å². The van der Waals surface area contributed by atoms with Crippen LogP contribution in [0.15, 0.2) is 52.9 Å². The van der Waals surface area contributed by atoms with Crippen molar-refractivity contribution in [2.24, 2.45) is 0 Å². The van der Waals surface area contributed by atoms with Crippen LogP contribution in [0.4, 0.5) is 5.69 Å². The van der Waals surface area contributed by atoms with Gasteiger partial charge in [0.1, 0.15) is 11.3 Å². The Morgan fingerprint density at radius 3 is 2.52 bits per heavy atom. The van der Waals surface area contributed by atoms with Crippen LogP contribution in [0.25, 0.3) is 22.6 Å². The average molecular weight is 435 g/mol. The molecule has 6 heteroatoms. The average Bonchev–Trinajstić information content (AvgIpc) is 3.15. The van der Waals surface area contributed by atoms with Crippen LogP contribution in [0, 0.1) is 27.7 Å². The van der Waals surface area contributed by atoms with Crippen LogP contribution < -0.4 is 10.1 Å². The second-order valence-corrected chi connectivity index (χ2v) is 8.12. The first-order chi connectivity index (χ1) is 14.8. The Hall–Kier alpha value is -3.31. The number of nitrogens with one attached hydrogen (secondary N) is 1. The van der Waals surface area contributed by atoms with Crippen LogP contribution in [-0.2, 0) is 4.79 Å². The molecular formula is C25H23ClN2O3. The van der Waals surface area contributed by atoms with Crippen molar-refractivity contribution in [3.8, 4) is 17.2 Å². The zero-order chi connectivity index (χ0) is 22.1. The van der Waals surface area contributed by atoms with Gasteiger partial charge in [-0.1, -0.05) is 23.7 Å². The molecule has 0 saturated carbocycles. The van der Waals surface area contributed by atoms with E-state index >= 15 is 0 Å². The van der Waals surface area contributed by atoms with Gasteiger partial charge in [-0.2, -0.15) is 0 Å². The molecule has 0 bridgehead atoms. The first-order valence-electron chi connectivity index (χ1n) is 9.98. The molecule has 1 heterocycles. The van der Waals surface area contributed by atoms with Gasteiger partial charge in [0.15, 0.2) is 12.2 Å². The van der Waals surface area contributed by atoms with Gasteiger partial charge in [0.2, 0.25) is 5.89 Å². The predicted octanol–water partition coefficient (Wildman–Crippen LogP) is 6.40. The van der Waals surface area contributed by atoms with Crippen molar-refractivity contribution < 1.29 is 13.9 Å². The lowest BCUT2D eigenvalue weighted by molar-refractivity contribution is -0.118. The minimum Gasteiger partial charge on any atom is -0.484 e. The zero-order valence-corrected chi connectivity index (χ0v) is 18.6. The number of oxazole rings is 1. The third-order valence-corrected chi connectivity index (χ3v) is 5.59. The van der Waals surface area contributed by atoms with E-state index in [1.165, 1.54) is 0 Å². The van der Waals surface area contributed by atoms with Gasteiger partial charge in [-0.15, -0.1) is 0 Å². The Balaban J connectivity index is 1.47. The minimum absolute atomic E-state index is 0.105. The minimum atomic E-state index is -0.258. The molecule has 3 aromatic carbocycles. The smallest absolute Gasteiger partial charge is 0.262 e. The molecule has 0 saturated heterocycles. The summed E-state index contributed by atoms with van der Waals surface area (Å²) in [4.78, 5) is 17.0. The number of fused-ring (bicyclic) bond motifs is 1. The second-order valence-electron chi connectivity index (χ2n) is 7.74. The summed E-state index contributed by atoms with van der Waals surface area (Å²) in [6.45, 7) is 7.74. The number of nitrogens with zero attached hydrogens (tertiary/aromatic N) is 1. The van der Waals surface area contributed by atoms with Crippen molar-refractivity contribution in [3.05, 3.63) is 75.8 Å². The van der Waals surface area contributed by atoms with Crippen molar-refractivity contribution >= 4 is 34.3 Å². The molecule has 0 aliphatic carbocycles. The summed E-state index contributed by atoms with van der Waals surface area (Å²) < 4.78 is 11.6. The van der Waals surface area contributed by atoms with Gasteiger partial charge in [-0.05, 0) is 86.3 Å². The number of carbonyl (C=O) groups is 1. The number of carbonyl (C=O) groups excluding carboxylic acids is 1. The highest BCUT2D eigenvalue weighted by Crippen LogP contribution is 2.29. The van der Waals surface area contributed by atoms with Gasteiger partial charge in [0.25, 0.3) is 5.91 Å². The SMILES string of the molecule is Cc1cc(C)c2oc(-c3cccc(NC(=O)COc4cc(C)c(Cl)c(C)c4)c3)nc2c1. The Kier molecular flexibility index (Phi) is 5.70. The van der Waals surface area contributed by atoms with E-state index < -0.39 is 0 Å². The summed E-state index contributed by atoms with van der Waals surface area (Å²) in [7, 11) is 0. The first kappa shape index (κ1) is 20.9. The Morgan fingerprint density at radius 2 is 1.77 bits per heavy atom. The summed E-state index contributed by atoms with van der Waals surface area (Å²) in [6.07, 6.45) is 0. The van der Waals surface area contributed by atoms with Gasteiger partial charge in [-0.3, -0.25) is 4.79 Å². The van der Waals surface area contributed by atoms with Crippen LogP contribution >= 0.6 is 11.6 Å². The standard InChI is InChI=1S/C25H23ClN2O3/c1-14-8-17(4)24-21(9-14)28-25(31-24)18-6-5-7-19(12-18)27-22(29)13-30-20-10-15(2)23(26)16(3)11-20/h5-12H,13H2,1-4H3,(H,27,29). The monoisotopic (exact) mass is 434 g/mol. The normalized spacial score (nSPS) is 11.0. The van der Waals surface area contributed by atoms with Gasteiger partial charge >= 0.3 is 0 Å². The maximum Gasteiger partial charge on any atom is 0.262 e. The zero-order valence-electron chi connectivity index (χ0n) is 17.9. The van der Waals surface area contributed by atoms with E-state index in [2.05, 4.69) is 16.4 Å². The lowest BCUT2D eigenvalue weighted by atomic mass is 10.1. The van der Waals surface area contributed by atoms with Crippen LogP contribution in [-0.4, -0.2) is 17.5 Å². The Labute approximate surface area is 186 Å². The lowest BCUT2D eigenvalue weighted by Gasteiger charge is -2.10. The number of hydrogen-bond acceptors (Lipinski definition) is 4. The van der Waals surface area contributed by atoms with E-state index in [-0.39, 0.29) is 12.5 Å². The molecule has 4 rings (SSSR count). The number of halogens is 1. The van der Waals surface area contributed by atoms with Crippen LogP contribution in [0.3, 0.4) is 0 Å². The van der Waals surface area contributed by atoms with Crippen molar-refractivity contribution in [2.45, 2.75) is 27.7 Å². The first-order valence-corrected chi connectivity index (χ1v) is 10.4. The van der Waals surface area contributed by atoms with Crippen molar-refractivity contribution in [1.29, 1.82) is 0 Å². The summed E-state index contributed by atoms with van der Waals surface area (Å²) in [5.74, 6) is 0.870. The molecule has 0 aliphatic rings. The third-order valence-electron chi connectivity index (χ3n) is 4.99. The summed E-state index contributed by atoms with van der Waals surface area (Å²) in [5, 5.41) is 3.56. The molecule has 31 heavy (non-hydrogen) atoms. The molecule has 158 valence electrons. The Morgan fingerprint density at radius 1 is 1.03 bits per heavy atom. The number of anilines is 1. The van der Waals surface area contributed by atoms with Gasteiger partial charge in [0, 0.05) is 16.3 Å². The van der Waals surface area contributed by atoms with Gasteiger partial charge in [0.05, 0.1) is 0 Å². The molecular weight excluding hydrogens is 412 g/mol. The molecule has 0 atom stereocenters. The number of aromatic nitrogens is 1. The fourth-order valence-electron chi connectivity index (χ4n) is 3.57. The quantitative estimate of drug-likeness (QED) is 0.394. The topological polar surface area (TPSA) is 64.4 Å². The van der Waals surface area contributed by atoms with Crippen LogP contribution in [0.2, 0.25) is 5.02 Å². The van der Waals surface area contributed by atoms with Gasteiger partial charge in [-0.25, -0.2) is 4.98 Å². The summed E-state index contributed by atoms with van der Waals surface area (Å²) >= 11 is 6.18. The lowest BCUT2D eigenvalue weighted by Crippen LogP contribution is -2.20. The second kappa shape index (κ2) is 8.44. The Bertz CT molecular complexity index is 1270. The molecule has 1 aromatic heterocycles. The molecule has 0 spiro atoms. The molecule has 1 N–H and O–H groups in total. The molecule has 4 aromatic rings. The van der Waals surface area contributed by atoms with Crippen LogP contribution in [0.1, 0.15) is 22.3 Å². The van der Waals surface area contributed by atoms with E-state index in [0.717, 1.165) is 38.9 Å². The van der Waals surface area contributed by atoms with E-state index in [0.29, 0.717) is 22.4 Å². The summed E-state index contributed by atoms with van der Waals surface area (Å²) in [6, 6.07) is 15.1. The highest BCUT2D eigenvalue weighted by atomic mass is 35.5. The van der Waals surface area contributed by atoms with E-state index in [1.807, 2.05) is 70.2 Å². The number of aryl methyl sites for hydroxylation is 4. The van der Waals surface area contributed by atoms with Crippen molar-refractivity contribution in [3.63, 3.8) is 0 Å². The number of benzene rings is 3. The van der Waals surface area contributed by atoms with Gasteiger partial charge < -0.3 is 14.5 Å². The van der Waals surface area contributed by atoms with Crippen molar-refractivity contribution in [1.82, 2.24) is 4.98 Å². The maximum atomic E-state index is 12.4. The third kappa shape index (κ3) is 4.57. The highest BCUT2D eigenvalue weighted by Gasteiger charge is 2.12. The maximum absolute atomic E-state index is 12.4. The molecule has 0 unspecified atom stereocenters. The number of hydrogen-bond donors (Lipinski definition) is 1. The number of ether oxygens (including phenoxy) is 1. The van der Waals surface area contributed by atoms with Crippen molar-refractivity contribution in [2.75, 3.05) is 11.9 Å². The largest absolute Gasteiger partial charge is 0.484 e. The molecule has 0 radical (unpaired) electrons. The van der Waals surface area contributed by atoms with E-state index in [1.54, 1.807) is 0 Å². The molecule has 5 nitrogen and oxygen atoms in total. The highest BCUT2D eigenvalue weighted by molar-refractivity contribution is 6.32. The number of rotatable bonds is 5. The summed E-state index contributed by atoms with van der Waals surface area (Å²) in [5.41, 5.74) is 7.03. The fraction of sp³-hybridized carbons (Fsp3) is 0.200. The molecule has 0 aliphatic heterocycles.